The summed E-state index contributed by atoms with van der Waals surface area (Å²) in [5.41, 5.74) is 3.13. The van der Waals surface area contributed by atoms with E-state index in [0.29, 0.717) is 23.7 Å². The minimum Gasteiger partial charge on any atom is -0.493 e. The van der Waals surface area contributed by atoms with Gasteiger partial charge in [-0.25, -0.2) is 4.79 Å². The maximum atomic E-state index is 12.2. The lowest BCUT2D eigenvalue weighted by Gasteiger charge is -2.14. The van der Waals surface area contributed by atoms with E-state index in [1.54, 1.807) is 44.0 Å². The zero-order valence-electron chi connectivity index (χ0n) is 14.5. The van der Waals surface area contributed by atoms with Crippen molar-refractivity contribution in [2.75, 3.05) is 19.5 Å². The van der Waals surface area contributed by atoms with Gasteiger partial charge >= 0.3 is 6.03 Å². The number of para-hydroxylation sites is 1. The highest BCUT2D eigenvalue weighted by Gasteiger charge is 2.12. The average molecular weight is 353 g/mol. The van der Waals surface area contributed by atoms with Crippen molar-refractivity contribution in [1.82, 2.24) is 10.3 Å². The first kappa shape index (κ1) is 17.3. The summed E-state index contributed by atoms with van der Waals surface area (Å²) in [6.45, 7) is 0.344. The maximum absolute atomic E-state index is 12.2. The van der Waals surface area contributed by atoms with Gasteiger partial charge in [-0.3, -0.25) is 4.98 Å². The summed E-state index contributed by atoms with van der Waals surface area (Å²) in [6, 6.07) is 10.5. The molecule has 134 valence electrons. The molecule has 0 radical (unpaired) electrons. The maximum Gasteiger partial charge on any atom is 0.319 e. The van der Waals surface area contributed by atoms with Crippen LogP contribution in [0.1, 0.15) is 5.56 Å². The third kappa shape index (κ3) is 3.94. The molecule has 0 saturated carbocycles. The van der Waals surface area contributed by atoms with Crippen LogP contribution < -0.4 is 20.1 Å². The standard InChI is InChI=1S/C19H19N3O4/c1-24-17-5-3-4-16(18(17)25-2)22-19(23)21-11-13-6-7-15(20-10-13)14-8-9-26-12-14/h3-10,12H,11H2,1-2H3,(H2,21,22,23). The van der Waals surface area contributed by atoms with Crippen LogP contribution in [0.15, 0.2) is 59.5 Å². The molecule has 7 heteroatoms. The molecule has 7 nitrogen and oxygen atoms in total. The molecule has 2 N–H and O–H groups in total. The van der Waals surface area contributed by atoms with Crippen molar-refractivity contribution in [3.63, 3.8) is 0 Å². The fraction of sp³-hybridized carbons (Fsp3) is 0.158. The molecule has 0 aliphatic carbocycles. The number of benzene rings is 1. The molecular formula is C19H19N3O4. The number of urea groups is 1. The van der Waals surface area contributed by atoms with Gasteiger partial charge < -0.3 is 24.5 Å². The van der Waals surface area contributed by atoms with E-state index >= 15 is 0 Å². The summed E-state index contributed by atoms with van der Waals surface area (Å²) >= 11 is 0. The van der Waals surface area contributed by atoms with Gasteiger partial charge in [0.2, 0.25) is 0 Å². The minimum absolute atomic E-state index is 0.344. The van der Waals surface area contributed by atoms with E-state index in [9.17, 15) is 4.79 Å². The molecule has 0 bridgehead atoms. The fourth-order valence-corrected chi connectivity index (χ4v) is 2.44. The lowest BCUT2D eigenvalue weighted by Crippen LogP contribution is -2.28. The van der Waals surface area contributed by atoms with Gasteiger partial charge in [-0.1, -0.05) is 12.1 Å². The molecule has 1 aromatic carbocycles. The Balaban J connectivity index is 1.59. The van der Waals surface area contributed by atoms with E-state index in [-0.39, 0.29) is 6.03 Å². The average Bonchev–Trinajstić information content (AvgIpc) is 3.21. The number of furan rings is 1. The number of hydrogen-bond donors (Lipinski definition) is 2. The van der Waals surface area contributed by atoms with Crippen molar-refractivity contribution in [2.24, 2.45) is 0 Å². The largest absolute Gasteiger partial charge is 0.493 e. The Hall–Kier alpha value is -3.48. The lowest BCUT2D eigenvalue weighted by molar-refractivity contribution is 0.251. The molecule has 26 heavy (non-hydrogen) atoms. The van der Waals surface area contributed by atoms with Crippen molar-refractivity contribution < 1.29 is 18.7 Å². The van der Waals surface area contributed by atoms with Gasteiger partial charge in [-0.2, -0.15) is 0 Å². The number of nitrogens with zero attached hydrogens (tertiary/aromatic N) is 1. The molecule has 0 aliphatic rings. The highest BCUT2D eigenvalue weighted by atomic mass is 16.5. The van der Waals surface area contributed by atoms with Crippen LogP contribution in [0.3, 0.4) is 0 Å². The summed E-state index contributed by atoms with van der Waals surface area (Å²) in [7, 11) is 3.07. The SMILES string of the molecule is COc1cccc(NC(=O)NCc2ccc(-c3ccoc3)nc2)c1OC. The Morgan fingerprint density at radius 3 is 2.69 bits per heavy atom. The molecule has 0 aliphatic heterocycles. The van der Waals surface area contributed by atoms with Crippen LogP contribution in [0.2, 0.25) is 0 Å². The third-order valence-corrected chi connectivity index (χ3v) is 3.75. The smallest absolute Gasteiger partial charge is 0.319 e. The highest BCUT2D eigenvalue weighted by molar-refractivity contribution is 5.91. The predicted octanol–water partition coefficient (Wildman–Crippen LogP) is 3.68. The van der Waals surface area contributed by atoms with Crippen LogP contribution in [0.4, 0.5) is 10.5 Å². The molecule has 0 unspecified atom stereocenters. The summed E-state index contributed by atoms with van der Waals surface area (Å²) in [4.78, 5) is 16.5. The van der Waals surface area contributed by atoms with E-state index in [2.05, 4.69) is 15.6 Å². The van der Waals surface area contributed by atoms with Gasteiger partial charge in [0, 0.05) is 18.3 Å². The Morgan fingerprint density at radius 2 is 2.04 bits per heavy atom. The molecule has 3 aromatic rings. The number of nitrogens with one attached hydrogen (secondary N) is 2. The Labute approximate surface area is 151 Å². The third-order valence-electron chi connectivity index (χ3n) is 3.75. The van der Waals surface area contributed by atoms with E-state index in [0.717, 1.165) is 16.8 Å². The molecule has 0 atom stereocenters. The molecule has 2 heterocycles. The monoisotopic (exact) mass is 353 g/mol. The van der Waals surface area contributed by atoms with Gasteiger partial charge in [0.05, 0.1) is 38.1 Å². The normalized spacial score (nSPS) is 10.2. The van der Waals surface area contributed by atoms with E-state index in [1.807, 2.05) is 18.2 Å². The van der Waals surface area contributed by atoms with E-state index in [4.69, 9.17) is 13.9 Å². The molecule has 3 rings (SSSR count). The first-order valence-electron chi connectivity index (χ1n) is 7.94. The molecule has 2 amide bonds. The summed E-state index contributed by atoms with van der Waals surface area (Å²) in [6.07, 6.45) is 4.95. The molecule has 0 spiro atoms. The van der Waals surface area contributed by atoms with Crippen molar-refractivity contribution in [3.05, 3.63) is 60.7 Å². The van der Waals surface area contributed by atoms with Crippen molar-refractivity contribution in [1.29, 1.82) is 0 Å². The zero-order chi connectivity index (χ0) is 18.4. The number of aromatic nitrogens is 1. The fourth-order valence-electron chi connectivity index (χ4n) is 2.44. The summed E-state index contributed by atoms with van der Waals surface area (Å²) in [5.74, 6) is 1.01. The number of anilines is 1. The van der Waals surface area contributed by atoms with Crippen LogP contribution >= 0.6 is 0 Å². The number of amides is 2. The lowest BCUT2D eigenvalue weighted by atomic mass is 10.2. The Kier molecular flexibility index (Phi) is 5.38. The number of carbonyl (C=O) groups is 1. The number of rotatable bonds is 6. The van der Waals surface area contributed by atoms with Gasteiger partial charge in [0.25, 0.3) is 0 Å². The van der Waals surface area contributed by atoms with Gasteiger partial charge in [0.15, 0.2) is 11.5 Å². The Morgan fingerprint density at radius 1 is 1.15 bits per heavy atom. The summed E-state index contributed by atoms with van der Waals surface area (Å²) < 4.78 is 15.6. The molecular weight excluding hydrogens is 334 g/mol. The topological polar surface area (TPSA) is 85.6 Å². The van der Waals surface area contributed by atoms with Gasteiger partial charge in [-0.15, -0.1) is 0 Å². The zero-order valence-corrected chi connectivity index (χ0v) is 14.5. The van der Waals surface area contributed by atoms with Crippen molar-refractivity contribution in [2.45, 2.75) is 6.54 Å². The first-order valence-corrected chi connectivity index (χ1v) is 7.94. The van der Waals surface area contributed by atoms with Crippen molar-refractivity contribution in [3.8, 4) is 22.8 Å². The number of pyridine rings is 1. The van der Waals surface area contributed by atoms with Gasteiger partial charge in [0.1, 0.15) is 0 Å². The summed E-state index contributed by atoms with van der Waals surface area (Å²) in [5, 5.41) is 5.54. The number of methoxy groups -OCH3 is 2. The number of hydrogen-bond acceptors (Lipinski definition) is 5. The van der Waals surface area contributed by atoms with Gasteiger partial charge in [-0.05, 0) is 29.8 Å². The van der Waals surface area contributed by atoms with Crippen LogP contribution in [0.25, 0.3) is 11.3 Å². The predicted molar refractivity (Wildman–Crippen MR) is 97.3 cm³/mol. The second-order valence-electron chi connectivity index (χ2n) is 5.41. The van der Waals surface area contributed by atoms with Crippen molar-refractivity contribution >= 4 is 11.7 Å². The van der Waals surface area contributed by atoms with E-state index in [1.165, 1.54) is 7.11 Å². The second kappa shape index (κ2) is 8.06. The molecule has 0 fully saturated rings. The first-order chi connectivity index (χ1) is 12.7. The second-order valence-corrected chi connectivity index (χ2v) is 5.41. The van der Waals surface area contributed by atoms with Crippen LogP contribution in [0, 0.1) is 0 Å². The molecule has 0 saturated heterocycles. The highest BCUT2D eigenvalue weighted by Crippen LogP contribution is 2.34. The van der Waals surface area contributed by atoms with Crippen LogP contribution in [-0.2, 0) is 6.54 Å². The van der Waals surface area contributed by atoms with Crippen LogP contribution in [-0.4, -0.2) is 25.2 Å². The number of carbonyl (C=O) groups excluding carboxylic acids is 1. The van der Waals surface area contributed by atoms with E-state index < -0.39 is 0 Å². The molecule has 2 aromatic heterocycles. The quantitative estimate of drug-likeness (QED) is 0.706. The number of ether oxygens (including phenoxy) is 2. The minimum atomic E-state index is -0.351. The van der Waals surface area contributed by atoms with Crippen LogP contribution in [0.5, 0.6) is 11.5 Å². The Bertz CT molecular complexity index is 861.